The first-order chi connectivity index (χ1) is 7.84. The molecule has 1 amide bonds. The minimum atomic E-state index is -1.44. The molecule has 1 aromatic carbocycles. The number of nitrogens with zero attached hydrogens (tertiary/aromatic N) is 1. The van der Waals surface area contributed by atoms with Crippen molar-refractivity contribution in [2.45, 2.75) is 13.8 Å². The van der Waals surface area contributed by atoms with Gasteiger partial charge in [0.25, 0.3) is 5.69 Å². The summed E-state index contributed by atoms with van der Waals surface area (Å²) in [7, 11) is 0. The van der Waals surface area contributed by atoms with Crippen molar-refractivity contribution in [3.63, 3.8) is 0 Å². The molecule has 0 saturated heterocycles. The van der Waals surface area contributed by atoms with Gasteiger partial charge >= 0.3 is 0 Å². The summed E-state index contributed by atoms with van der Waals surface area (Å²) in [5.41, 5.74) is -1.42. The largest absolute Gasteiger partial charge is 0.318 e. The molecule has 0 aromatic heterocycles. The number of carbonyl (C=O) groups is 1. The van der Waals surface area contributed by atoms with Crippen LogP contribution in [-0.2, 0) is 4.79 Å². The molecule has 0 saturated carbocycles. The van der Waals surface area contributed by atoms with Crippen LogP contribution in [0.5, 0.6) is 0 Å². The number of hydrogen-bond donors (Lipinski definition) is 1. The van der Waals surface area contributed by atoms with Crippen LogP contribution in [0, 0.1) is 27.7 Å². The normalized spacial score (nSPS) is 10.4. The van der Waals surface area contributed by atoms with E-state index >= 15 is 0 Å². The lowest BCUT2D eigenvalue weighted by Gasteiger charge is -2.09. The number of nitro groups is 1. The summed E-state index contributed by atoms with van der Waals surface area (Å²) < 4.78 is 26.3. The van der Waals surface area contributed by atoms with Gasteiger partial charge in [-0.25, -0.2) is 8.78 Å². The Bertz CT molecular complexity index is 475. The van der Waals surface area contributed by atoms with E-state index in [1.54, 1.807) is 0 Å². The van der Waals surface area contributed by atoms with Crippen LogP contribution in [-0.4, -0.2) is 10.8 Å². The lowest BCUT2D eigenvalue weighted by molar-refractivity contribution is -0.384. The van der Waals surface area contributed by atoms with Crippen molar-refractivity contribution in [3.05, 3.63) is 33.9 Å². The Morgan fingerprint density at radius 2 is 2.00 bits per heavy atom. The minimum absolute atomic E-state index is 0.503. The maximum atomic E-state index is 13.4. The third-order valence-electron chi connectivity index (χ3n) is 2.04. The molecule has 0 unspecified atom stereocenters. The second-order valence-corrected chi connectivity index (χ2v) is 3.66. The van der Waals surface area contributed by atoms with Crippen LogP contribution in [0.1, 0.15) is 13.8 Å². The number of nitro benzene ring substituents is 1. The van der Waals surface area contributed by atoms with Crippen LogP contribution in [0.3, 0.4) is 0 Å². The highest BCUT2D eigenvalue weighted by atomic mass is 19.2. The number of rotatable bonds is 3. The summed E-state index contributed by atoms with van der Waals surface area (Å²) in [5, 5.41) is 12.6. The maximum absolute atomic E-state index is 13.4. The second kappa shape index (κ2) is 4.86. The molecule has 1 N–H and O–H groups in total. The molecular formula is C10H10F2N2O3. The minimum Gasteiger partial charge on any atom is -0.318 e. The monoisotopic (exact) mass is 244 g/mol. The van der Waals surface area contributed by atoms with Gasteiger partial charge in [-0.15, -0.1) is 0 Å². The van der Waals surface area contributed by atoms with Crippen LogP contribution in [0.15, 0.2) is 12.1 Å². The lowest BCUT2D eigenvalue weighted by Crippen LogP contribution is -2.19. The molecule has 0 aliphatic carbocycles. The summed E-state index contributed by atoms with van der Waals surface area (Å²) in [6, 6.07) is 1.44. The number of carbonyl (C=O) groups excluding carboxylic acids is 1. The first kappa shape index (κ1) is 13.0. The van der Waals surface area contributed by atoms with E-state index in [2.05, 4.69) is 0 Å². The molecule has 0 atom stereocenters. The van der Waals surface area contributed by atoms with E-state index in [4.69, 9.17) is 0 Å². The Kier molecular flexibility index (Phi) is 3.72. The van der Waals surface area contributed by atoms with E-state index in [-0.39, 0.29) is 0 Å². The summed E-state index contributed by atoms with van der Waals surface area (Å²) in [6.45, 7) is 3.05. The van der Waals surface area contributed by atoms with Gasteiger partial charge in [-0.3, -0.25) is 14.9 Å². The van der Waals surface area contributed by atoms with Gasteiger partial charge in [-0.05, 0) is 6.07 Å². The number of hydrogen-bond acceptors (Lipinski definition) is 3. The average Bonchev–Trinajstić information content (AvgIpc) is 2.24. The fraction of sp³-hybridized carbons (Fsp3) is 0.300. The van der Waals surface area contributed by atoms with Crippen molar-refractivity contribution in [2.24, 2.45) is 5.92 Å². The van der Waals surface area contributed by atoms with Crippen molar-refractivity contribution in [2.75, 3.05) is 5.32 Å². The molecule has 0 heterocycles. The molecular weight excluding hydrogens is 234 g/mol. The van der Waals surface area contributed by atoms with E-state index in [0.717, 1.165) is 6.07 Å². The number of amides is 1. The van der Waals surface area contributed by atoms with Crippen molar-refractivity contribution < 1.29 is 18.5 Å². The van der Waals surface area contributed by atoms with Gasteiger partial charge in [-0.2, -0.15) is 0 Å². The Morgan fingerprint density at radius 3 is 2.47 bits per heavy atom. The number of anilines is 1. The van der Waals surface area contributed by atoms with Gasteiger partial charge in [0.1, 0.15) is 0 Å². The molecule has 7 heteroatoms. The van der Waals surface area contributed by atoms with Crippen LogP contribution in [0.25, 0.3) is 0 Å². The molecule has 0 fully saturated rings. The molecule has 5 nitrogen and oxygen atoms in total. The SMILES string of the molecule is CC(C)C(=O)Nc1c([N+](=O)[O-])ccc(F)c1F. The van der Waals surface area contributed by atoms with Crippen LogP contribution in [0.4, 0.5) is 20.2 Å². The summed E-state index contributed by atoms with van der Waals surface area (Å²) in [5.74, 6) is -3.82. The van der Waals surface area contributed by atoms with Gasteiger partial charge in [-0.1, -0.05) is 13.8 Å². The van der Waals surface area contributed by atoms with Crippen LogP contribution >= 0.6 is 0 Å². The summed E-state index contributed by atoms with van der Waals surface area (Å²) in [4.78, 5) is 21.0. The smallest absolute Gasteiger partial charge is 0.296 e. The Balaban J connectivity index is 3.24. The molecule has 17 heavy (non-hydrogen) atoms. The van der Waals surface area contributed by atoms with Gasteiger partial charge < -0.3 is 5.32 Å². The molecule has 1 rings (SSSR count). The summed E-state index contributed by atoms with van der Waals surface area (Å²) >= 11 is 0. The highest BCUT2D eigenvalue weighted by molar-refractivity contribution is 5.94. The first-order valence-electron chi connectivity index (χ1n) is 4.77. The van der Waals surface area contributed by atoms with E-state index in [0.29, 0.717) is 6.07 Å². The molecule has 0 aliphatic rings. The van der Waals surface area contributed by atoms with Crippen molar-refractivity contribution in [1.82, 2.24) is 0 Å². The van der Waals surface area contributed by atoms with Gasteiger partial charge in [0.05, 0.1) is 4.92 Å². The van der Waals surface area contributed by atoms with Gasteiger partial charge in [0.2, 0.25) is 5.91 Å². The third kappa shape index (κ3) is 2.74. The quantitative estimate of drug-likeness (QED) is 0.655. The average molecular weight is 244 g/mol. The zero-order valence-corrected chi connectivity index (χ0v) is 9.16. The van der Waals surface area contributed by atoms with E-state index in [1.807, 2.05) is 5.32 Å². The predicted molar refractivity (Wildman–Crippen MR) is 56.5 cm³/mol. The molecule has 0 aliphatic heterocycles. The van der Waals surface area contributed by atoms with Gasteiger partial charge in [0.15, 0.2) is 17.3 Å². The van der Waals surface area contributed by atoms with Gasteiger partial charge in [0, 0.05) is 12.0 Å². The summed E-state index contributed by atoms with van der Waals surface area (Å²) in [6.07, 6.45) is 0. The zero-order valence-electron chi connectivity index (χ0n) is 9.16. The molecule has 0 bridgehead atoms. The Morgan fingerprint density at radius 1 is 1.41 bits per heavy atom. The van der Waals surface area contributed by atoms with E-state index in [1.165, 1.54) is 13.8 Å². The third-order valence-corrected chi connectivity index (χ3v) is 2.04. The second-order valence-electron chi connectivity index (χ2n) is 3.66. The first-order valence-corrected chi connectivity index (χ1v) is 4.77. The molecule has 92 valence electrons. The topological polar surface area (TPSA) is 72.2 Å². The lowest BCUT2D eigenvalue weighted by atomic mass is 10.2. The number of benzene rings is 1. The Hall–Kier alpha value is -2.05. The molecule has 0 spiro atoms. The standard InChI is InChI=1S/C10H10F2N2O3/c1-5(2)10(15)13-9-7(14(16)17)4-3-6(11)8(9)12/h3-5H,1-2H3,(H,13,15). The molecule has 1 aromatic rings. The van der Waals surface area contributed by atoms with Crippen LogP contribution < -0.4 is 5.32 Å². The Labute approximate surface area is 95.6 Å². The van der Waals surface area contributed by atoms with Crippen molar-refractivity contribution in [1.29, 1.82) is 0 Å². The zero-order chi connectivity index (χ0) is 13.2. The predicted octanol–water partition coefficient (Wildman–Crippen LogP) is 2.47. The fourth-order valence-electron chi connectivity index (χ4n) is 1.08. The van der Waals surface area contributed by atoms with E-state index < -0.39 is 39.8 Å². The van der Waals surface area contributed by atoms with Crippen molar-refractivity contribution in [3.8, 4) is 0 Å². The highest BCUT2D eigenvalue weighted by Crippen LogP contribution is 2.29. The number of nitrogens with one attached hydrogen (secondary N) is 1. The highest BCUT2D eigenvalue weighted by Gasteiger charge is 2.23. The van der Waals surface area contributed by atoms with E-state index in [9.17, 15) is 23.7 Å². The number of halogens is 2. The van der Waals surface area contributed by atoms with Crippen LogP contribution in [0.2, 0.25) is 0 Å². The fourth-order valence-corrected chi connectivity index (χ4v) is 1.08. The van der Waals surface area contributed by atoms with Crippen molar-refractivity contribution >= 4 is 17.3 Å². The molecule has 0 radical (unpaired) electrons. The maximum Gasteiger partial charge on any atom is 0.296 e.